The fourth-order valence-electron chi connectivity index (χ4n) is 3.58. The van der Waals surface area contributed by atoms with Gasteiger partial charge in [0.1, 0.15) is 16.7 Å². The van der Waals surface area contributed by atoms with Gasteiger partial charge in [-0.25, -0.2) is 9.97 Å². The molecule has 0 aliphatic heterocycles. The first-order chi connectivity index (χ1) is 12.4. The van der Waals surface area contributed by atoms with Gasteiger partial charge in [-0.2, -0.15) is 0 Å². The quantitative estimate of drug-likeness (QED) is 0.462. The van der Waals surface area contributed by atoms with Gasteiger partial charge < -0.3 is 4.74 Å². The number of rotatable bonds is 2. The molecule has 3 heterocycles. The van der Waals surface area contributed by atoms with Crippen LogP contribution >= 0.6 is 11.3 Å². The van der Waals surface area contributed by atoms with E-state index in [1.165, 1.54) is 29.7 Å². The van der Waals surface area contributed by atoms with Crippen LogP contribution in [-0.2, 0) is 12.8 Å². The Kier molecular flexibility index (Phi) is 3.59. The van der Waals surface area contributed by atoms with E-state index in [-0.39, 0.29) is 0 Å². The number of aromatic nitrogens is 3. The second-order valence-corrected chi connectivity index (χ2v) is 7.44. The number of ether oxygens (including phenoxy) is 1. The Hall–Kier alpha value is -2.53. The van der Waals surface area contributed by atoms with Gasteiger partial charge in [0.15, 0.2) is 5.75 Å². The summed E-state index contributed by atoms with van der Waals surface area (Å²) in [6.45, 7) is 0. The lowest BCUT2D eigenvalue weighted by atomic mass is 10.1. The van der Waals surface area contributed by atoms with Gasteiger partial charge >= 0.3 is 0 Å². The van der Waals surface area contributed by atoms with Crippen LogP contribution in [0.1, 0.15) is 29.7 Å². The van der Waals surface area contributed by atoms with Crippen molar-refractivity contribution in [1.29, 1.82) is 0 Å². The van der Waals surface area contributed by atoms with Crippen molar-refractivity contribution < 1.29 is 4.74 Å². The van der Waals surface area contributed by atoms with E-state index < -0.39 is 0 Å². The Bertz CT molecular complexity index is 1070. The molecule has 0 amide bonds. The van der Waals surface area contributed by atoms with Crippen molar-refractivity contribution in [3.63, 3.8) is 0 Å². The molecule has 1 aromatic carbocycles. The molecular formula is C20H17N3OS. The standard InChI is InChI=1S/C20H17N3OS/c1-2-8-14-16(10-3-1)25-20-17(14)19(22-12-23-20)24-15-9-4-6-13-7-5-11-21-18(13)15/h4-7,9,11-12H,1-3,8,10H2. The fourth-order valence-corrected chi connectivity index (χ4v) is 4.80. The highest BCUT2D eigenvalue weighted by Crippen LogP contribution is 2.40. The summed E-state index contributed by atoms with van der Waals surface area (Å²) in [6, 6.07) is 9.97. The molecule has 25 heavy (non-hydrogen) atoms. The number of para-hydroxylation sites is 1. The molecule has 0 spiro atoms. The maximum atomic E-state index is 6.26. The molecule has 5 heteroatoms. The van der Waals surface area contributed by atoms with Gasteiger partial charge in [-0.3, -0.25) is 4.98 Å². The van der Waals surface area contributed by atoms with Crippen molar-refractivity contribution in [3.05, 3.63) is 53.3 Å². The Morgan fingerprint density at radius 1 is 0.920 bits per heavy atom. The van der Waals surface area contributed by atoms with Crippen molar-refractivity contribution in [2.24, 2.45) is 0 Å². The van der Waals surface area contributed by atoms with Gasteiger partial charge in [-0.05, 0) is 43.4 Å². The Labute approximate surface area is 149 Å². The third kappa shape index (κ3) is 2.55. The highest BCUT2D eigenvalue weighted by molar-refractivity contribution is 7.18. The van der Waals surface area contributed by atoms with Gasteiger partial charge in [0, 0.05) is 16.5 Å². The van der Waals surface area contributed by atoms with E-state index in [0.717, 1.165) is 39.7 Å². The van der Waals surface area contributed by atoms with Crippen LogP contribution in [0.3, 0.4) is 0 Å². The first-order valence-electron chi connectivity index (χ1n) is 8.67. The van der Waals surface area contributed by atoms with E-state index >= 15 is 0 Å². The molecule has 0 bridgehead atoms. The van der Waals surface area contributed by atoms with Crippen LogP contribution in [0.2, 0.25) is 0 Å². The van der Waals surface area contributed by atoms with E-state index in [0.29, 0.717) is 5.88 Å². The third-order valence-electron chi connectivity index (χ3n) is 4.77. The molecule has 1 aliphatic rings. The number of nitrogens with zero attached hydrogens (tertiary/aromatic N) is 3. The highest BCUT2D eigenvalue weighted by atomic mass is 32.1. The Morgan fingerprint density at radius 3 is 2.84 bits per heavy atom. The topological polar surface area (TPSA) is 47.9 Å². The van der Waals surface area contributed by atoms with Crippen LogP contribution < -0.4 is 4.74 Å². The van der Waals surface area contributed by atoms with Crippen LogP contribution in [0.15, 0.2) is 42.9 Å². The van der Waals surface area contributed by atoms with E-state index in [2.05, 4.69) is 15.0 Å². The summed E-state index contributed by atoms with van der Waals surface area (Å²) in [6.07, 6.45) is 9.41. The minimum atomic E-state index is 0.655. The molecule has 0 radical (unpaired) electrons. The highest BCUT2D eigenvalue weighted by Gasteiger charge is 2.20. The molecule has 0 fully saturated rings. The molecule has 1 aliphatic carbocycles. The predicted octanol–water partition coefficient (Wildman–Crippen LogP) is 5.30. The number of hydrogen-bond donors (Lipinski definition) is 0. The van der Waals surface area contributed by atoms with Gasteiger partial charge in [0.2, 0.25) is 5.88 Å². The number of benzene rings is 1. The van der Waals surface area contributed by atoms with Crippen molar-refractivity contribution in [2.75, 3.05) is 0 Å². The molecule has 0 atom stereocenters. The zero-order chi connectivity index (χ0) is 16.6. The number of pyridine rings is 1. The smallest absolute Gasteiger partial charge is 0.231 e. The zero-order valence-electron chi connectivity index (χ0n) is 13.7. The summed E-state index contributed by atoms with van der Waals surface area (Å²) in [7, 11) is 0. The van der Waals surface area contributed by atoms with E-state index in [4.69, 9.17) is 4.74 Å². The summed E-state index contributed by atoms with van der Waals surface area (Å²) >= 11 is 1.79. The molecule has 0 N–H and O–H groups in total. The largest absolute Gasteiger partial charge is 0.436 e. The maximum absolute atomic E-state index is 6.26. The molecule has 0 saturated carbocycles. The van der Waals surface area contributed by atoms with Crippen molar-refractivity contribution >= 4 is 32.5 Å². The molecular weight excluding hydrogens is 330 g/mol. The molecule has 0 unspecified atom stereocenters. The normalized spacial score (nSPS) is 14.4. The van der Waals surface area contributed by atoms with Crippen molar-refractivity contribution in [3.8, 4) is 11.6 Å². The lowest BCUT2D eigenvalue weighted by Gasteiger charge is -2.09. The first-order valence-corrected chi connectivity index (χ1v) is 9.48. The maximum Gasteiger partial charge on any atom is 0.231 e. The van der Waals surface area contributed by atoms with Gasteiger partial charge in [-0.15, -0.1) is 11.3 Å². The summed E-state index contributed by atoms with van der Waals surface area (Å²) in [4.78, 5) is 15.9. The second kappa shape index (κ2) is 6.08. The monoisotopic (exact) mass is 347 g/mol. The SMILES string of the molecule is c1cnc2c(Oc3ncnc4sc5c(c34)CCCCC5)cccc2c1. The number of thiophene rings is 1. The average Bonchev–Trinajstić information content (AvgIpc) is 2.85. The van der Waals surface area contributed by atoms with Crippen LogP contribution in [0.5, 0.6) is 11.6 Å². The van der Waals surface area contributed by atoms with E-state index in [1.807, 2.05) is 30.3 Å². The minimum Gasteiger partial charge on any atom is -0.436 e. The lowest BCUT2D eigenvalue weighted by molar-refractivity contribution is 0.472. The third-order valence-corrected chi connectivity index (χ3v) is 5.97. The van der Waals surface area contributed by atoms with Crippen LogP contribution in [0.25, 0.3) is 21.1 Å². The number of aryl methyl sites for hydroxylation is 2. The van der Waals surface area contributed by atoms with Gasteiger partial charge in [0.05, 0.1) is 5.39 Å². The molecule has 124 valence electrons. The zero-order valence-corrected chi connectivity index (χ0v) is 14.6. The molecule has 4 nitrogen and oxygen atoms in total. The van der Waals surface area contributed by atoms with E-state index in [9.17, 15) is 0 Å². The lowest BCUT2D eigenvalue weighted by Crippen LogP contribution is -1.94. The van der Waals surface area contributed by atoms with Crippen molar-refractivity contribution in [1.82, 2.24) is 15.0 Å². The van der Waals surface area contributed by atoms with Crippen LogP contribution in [0.4, 0.5) is 0 Å². The first kappa shape index (κ1) is 14.8. The second-order valence-electron chi connectivity index (χ2n) is 6.36. The molecule has 4 aromatic rings. The van der Waals surface area contributed by atoms with E-state index in [1.54, 1.807) is 23.9 Å². The number of fused-ring (bicyclic) bond motifs is 4. The molecule has 0 saturated heterocycles. The van der Waals surface area contributed by atoms with Crippen LogP contribution in [-0.4, -0.2) is 15.0 Å². The van der Waals surface area contributed by atoms with Gasteiger partial charge in [-0.1, -0.05) is 24.6 Å². The molecule has 3 aromatic heterocycles. The number of hydrogen-bond acceptors (Lipinski definition) is 5. The van der Waals surface area contributed by atoms with Crippen molar-refractivity contribution in [2.45, 2.75) is 32.1 Å². The summed E-state index contributed by atoms with van der Waals surface area (Å²) in [5, 5.41) is 2.16. The predicted molar refractivity (Wildman–Crippen MR) is 100 cm³/mol. The average molecular weight is 347 g/mol. The Morgan fingerprint density at radius 2 is 1.84 bits per heavy atom. The van der Waals surface area contributed by atoms with Crippen LogP contribution in [0, 0.1) is 0 Å². The fraction of sp³-hybridized carbons (Fsp3) is 0.250. The summed E-state index contributed by atoms with van der Waals surface area (Å²) in [5.41, 5.74) is 2.25. The minimum absolute atomic E-state index is 0.655. The van der Waals surface area contributed by atoms with Gasteiger partial charge in [0.25, 0.3) is 0 Å². The Balaban J connectivity index is 1.66. The summed E-state index contributed by atoms with van der Waals surface area (Å²) < 4.78 is 6.26. The molecule has 5 rings (SSSR count). The summed E-state index contributed by atoms with van der Waals surface area (Å²) in [5.74, 6) is 1.40.